The van der Waals surface area contributed by atoms with Crippen molar-refractivity contribution in [2.45, 2.75) is 25.8 Å². The van der Waals surface area contributed by atoms with Crippen LogP contribution in [0, 0.1) is 0 Å². The standard InChI is InChI=1S/C28H27N5O4/c1-35-23-14-13-20(16-25(23)36-2)17-29-28-30-18-21(22(34)11-6-10-19-8-4-3-5-9-19)27-31-26(32-33(27)28)24-12-7-15-37-24/h3-5,7-9,12-16,18H,6,10-11,17H2,1-2H3,(H,29,30). The molecule has 5 aromatic rings. The summed E-state index contributed by atoms with van der Waals surface area (Å²) in [5, 5.41) is 7.88. The molecule has 0 fully saturated rings. The van der Waals surface area contributed by atoms with E-state index in [1.54, 1.807) is 43.3 Å². The first-order valence-electron chi connectivity index (χ1n) is 12.0. The molecule has 2 aromatic carbocycles. The first-order chi connectivity index (χ1) is 18.2. The monoisotopic (exact) mass is 497 g/mol. The van der Waals surface area contributed by atoms with Gasteiger partial charge in [0.1, 0.15) is 0 Å². The van der Waals surface area contributed by atoms with E-state index >= 15 is 0 Å². The first-order valence-corrected chi connectivity index (χ1v) is 12.0. The summed E-state index contributed by atoms with van der Waals surface area (Å²) in [6.45, 7) is 0.447. The molecule has 0 aliphatic carbocycles. The predicted octanol–water partition coefficient (Wildman–Crippen LogP) is 5.22. The van der Waals surface area contributed by atoms with Crippen LogP contribution < -0.4 is 14.8 Å². The number of aryl methyl sites for hydroxylation is 1. The lowest BCUT2D eigenvalue weighted by Crippen LogP contribution is -2.11. The maximum Gasteiger partial charge on any atom is 0.226 e. The van der Waals surface area contributed by atoms with E-state index in [0.717, 1.165) is 18.4 Å². The van der Waals surface area contributed by atoms with E-state index < -0.39 is 0 Å². The minimum absolute atomic E-state index is 0.0294. The third-order valence-electron chi connectivity index (χ3n) is 6.02. The van der Waals surface area contributed by atoms with Crippen LogP contribution >= 0.6 is 0 Å². The second kappa shape index (κ2) is 10.9. The molecule has 0 bridgehead atoms. The number of benzene rings is 2. The molecular formula is C28H27N5O4. The average molecular weight is 498 g/mol. The molecule has 0 aliphatic rings. The van der Waals surface area contributed by atoms with E-state index in [1.807, 2.05) is 36.4 Å². The molecule has 0 radical (unpaired) electrons. The minimum Gasteiger partial charge on any atom is -0.493 e. The number of nitrogens with one attached hydrogen (secondary N) is 1. The summed E-state index contributed by atoms with van der Waals surface area (Å²) in [4.78, 5) is 22.3. The van der Waals surface area contributed by atoms with Gasteiger partial charge in [0.25, 0.3) is 0 Å². The van der Waals surface area contributed by atoms with Gasteiger partial charge in [-0.1, -0.05) is 36.4 Å². The van der Waals surface area contributed by atoms with E-state index in [2.05, 4.69) is 32.5 Å². The van der Waals surface area contributed by atoms with E-state index in [-0.39, 0.29) is 5.78 Å². The lowest BCUT2D eigenvalue weighted by molar-refractivity contribution is 0.0981. The third-order valence-corrected chi connectivity index (χ3v) is 6.02. The van der Waals surface area contributed by atoms with Crippen molar-refractivity contribution >= 4 is 17.4 Å². The molecule has 0 unspecified atom stereocenters. The number of anilines is 1. The molecule has 0 saturated carbocycles. The molecule has 5 rings (SSSR count). The number of ether oxygens (including phenoxy) is 2. The van der Waals surface area contributed by atoms with Gasteiger partial charge in [-0.2, -0.15) is 4.52 Å². The van der Waals surface area contributed by atoms with Crippen LogP contribution in [0.25, 0.3) is 17.2 Å². The van der Waals surface area contributed by atoms with Crippen molar-refractivity contribution < 1.29 is 18.7 Å². The number of furan rings is 1. The number of ketones is 1. The molecule has 9 heteroatoms. The van der Waals surface area contributed by atoms with E-state index in [9.17, 15) is 4.79 Å². The summed E-state index contributed by atoms with van der Waals surface area (Å²) in [6.07, 6.45) is 5.07. The number of carbonyl (C=O) groups is 1. The summed E-state index contributed by atoms with van der Waals surface area (Å²) in [7, 11) is 3.20. The van der Waals surface area contributed by atoms with Gasteiger partial charge in [0.15, 0.2) is 28.7 Å². The van der Waals surface area contributed by atoms with E-state index in [4.69, 9.17) is 13.9 Å². The Morgan fingerprint density at radius 1 is 1.00 bits per heavy atom. The Labute approximate surface area is 214 Å². The third kappa shape index (κ3) is 5.30. The molecule has 0 amide bonds. The molecule has 9 nitrogen and oxygen atoms in total. The molecule has 0 spiro atoms. The van der Waals surface area contributed by atoms with E-state index in [1.165, 1.54) is 5.56 Å². The minimum atomic E-state index is -0.0294. The SMILES string of the molecule is COc1ccc(CNc2ncc(C(=O)CCCc3ccccc3)c3nc(-c4ccco4)nn23)cc1OC. The molecule has 0 aliphatic heterocycles. The summed E-state index contributed by atoms with van der Waals surface area (Å²) in [5.74, 6) is 2.61. The van der Waals surface area contributed by atoms with Crippen LogP contribution in [0.3, 0.4) is 0 Å². The van der Waals surface area contributed by atoms with Gasteiger partial charge in [0, 0.05) is 19.2 Å². The highest BCUT2D eigenvalue weighted by atomic mass is 16.5. The second-order valence-electron chi connectivity index (χ2n) is 8.45. The quantitative estimate of drug-likeness (QED) is 0.248. The average Bonchev–Trinajstić information content (AvgIpc) is 3.63. The van der Waals surface area contributed by atoms with E-state index in [0.29, 0.717) is 53.2 Å². The zero-order valence-corrected chi connectivity index (χ0v) is 20.7. The molecule has 3 aromatic heterocycles. The normalized spacial score (nSPS) is 11.0. The summed E-state index contributed by atoms with van der Waals surface area (Å²) < 4.78 is 17.8. The number of Topliss-reactive ketones (excluding diaryl/α,β-unsaturated/α-hetero) is 1. The molecule has 1 N–H and O–H groups in total. The van der Waals surface area contributed by atoms with Gasteiger partial charge >= 0.3 is 0 Å². The molecule has 37 heavy (non-hydrogen) atoms. The van der Waals surface area contributed by atoms with Crippen LogP contribution in [0.2, 0.25) is 0 Å². The molecule has 0 saturated heterocycles. The molecular weight excluding hydrogens is 470 g/mol. The number of rotatable bonds is 11. The van der Waals surface area contributed by atoms with Gasteiger partial charge < -0.3 is 19.2 Å². The number of hydrogen-bond donors (Lipinski definition) is 1. The van der Waals surface area contributed by atoms with Crippen molar-refractivity contribution in [1.29, 1.82) is 0 Å². The Balaban J connectivity index is 1.40. The van der Waals surface area contributed by atoms with Crippen LogP contribution in [0.5, 0.6) is 11.5 Å². The van der Waals surface area contributed by atoms with Crippen LogP contribution in [0.15, 0.2) is 77.5 Å². The van der Waals surface area contributed by atoms with Crippen LogP contribution in [-0.4, -0.2) is 39.6 Å². The van der Waals surface area contributed by atoms with Gasteiger partial charge in [0.05, 0.1) is 26.0 Å². The molecule has 188 valence electrons. The second-order valence-corrected chi connectivity index (χ2v) is 8.45. The molecule has 0 atom stereocenters. The zero-order chi connectivity index (χ0) is 25.6. The Hall–Kier alpha value is -4.66. The topological polar surface area (TPSA) is 104 Å². The smallest absolute Gasteiger partial charge is 0.226 e. The fourth-order valence-electron chi connectivity index (χ4n) is 4.10. The van der Waals surface area contributed by atoms with Gasteiger partial charge in [0.2, 0.25) is 11.8 Å². The van der Waals surface area contributed by atoms with Crippen LogP contribution in [0.4, 0.5) is 5.95 Å². The number of carbonyl (C=O) groups excluding carboxylic acids is 1. The van der Waals surface area contributed by atoms with Gasteiger partial charge in [-0.05, 0) is 48.2 Å². The van der Waals surface area contributed by atoms with Gasteiger partial charge in [-0.15, -0.1) is 5.10 Å². The Kier molecular flexibility index (Phi) is 7.12. The maximum absolute atomic E-state index is 13.2. The highest BCUT2D eigenvalue weighted by Gasteiger charge is 2.20. The highest BCUT2D eigenvalue weighted by Crippen LogP contribution is 2.28. The number of hydrogen-bond acceptors (Lipinski definition) is 8. The summed E-state index contributed by atoms with van der Waals surface area (Å²) in [5.41, 5.74) is 3.02. The van der Waals surface area contributed by atoms with Gasteiger partial charge in [-0.3, -0.25) is 4.79 Å². The number of fused-ring (bicyclic) bond motifs is 1. The predicted molar refractivity (Wildman–Crippen MR) is 139 cm³/mol. The number of nitrogens with zero attached hydrogens (tertiary/aromatic N) is 4. The lowest BCUT2D eigenvalue weighted by atomic mass is 10.0. The zero-order valence-electron chi connectivity index (χ0n) is 20.7. The van der Waals surface area contributed by atoms with Crippen molar-refractivity contribution in [2.24, 2.45) is 0 Å². The van der Waals surface area contributed by atoms with Crippen molar-refractivity contribution in [2.75, 3.05) is 19.5 Å². The first kappa shape index (κ1) is 24.1. The molecule has 3 heterocycles. The van der Waals surface area contributed by atoms with Crippen molar-refractivity contribution in [3.63, 3.8) is 0 Å². The Morgan fingerprint density at radius 2 is 1.84 bits per heavy atom. The fourth-order valence-corrected chi connectivity index (χ4v) is 4.10. The van der Waals surface area contributed by atoms with Crippen molar-refractivity contribution in [3.8, 4) is 23.1 Å². The highest BCUT2D eigenvalue weighted by molar-refractivity contribution is 6.01. The Morgan fingerprint density at radius 3 is 2.59 bits per heavy atom. The summed E-state index contributed by atoms with van der Waals surface area (Å²) in [6, 6.07) is 19.4. The number of methoxy groups -OCH3 is 2. The van der Waals surface area contributed by atoms with Crippen molar-refractivity contribution in [3.05, 3.63) is 89.8 Å². The lowest BCUT2D eigenvalue weighted by Gasteiger charge is -2.11. The maximum atomic E-state index is 13.2. The largest absolute Gasteiger partial charge is 0.493 e. The van der Waals surface area contributed by atoms with Crippen molar-refractivity contribution in [1.82, 2.24) is 19.6 Å². The number of aromatic nitrogens is 4. The van der Waals surface area contributed by atoms with Crippen LogP contribution in [-0.2, 0) is 13.0 Å². The van der Waals surface area contributed by atoms with Gasteiger partial charge in [-0.25, -0.2) is 9.97 Å². The van der Waals surface area contributed by atoms with Crippen LogP contribution in [0.1, 0.15) is 34.3 Å². The summed E-state index contributed by atoms with van der Waals surface area (Å²) >= 11 is 0. The Bertz CT molecular complexity index is 1500. The fraction of sp³-hybridized carbons (Fsp3) is 0.214.